The maximum Gasteiger partial charge on any atom is 0.139 e. The van der Waals surface area contributed by atoms with E-state index in [-0.39, 0.29) is 0 Å². The molecular weight excluding hydrogens is 292 g/mol. The van der Waals surface area contributed by atoms with Gasteiger partial charge in [0.05, 0.1) is 11.0 Å². The number of H-pyrrole nitrogens is 1. The monoisotopic (exact) mass is 304 g/mol. The second-order valence-corrected chi connectivity index (χ2v) is 6.30. The molecule has 3 aromatic carbocycles. The molecule has 0 unspecified atom stereocenters. The summed E-state index contributed by atoms with van der Waals surface area (Å²) >= 11 is 6.07. The van der Waals surface area contributed by atoms with Crippen LogP contribution in [0.25, 0.3) is 33.2 Å². The fraction of sp³-hybridized carbons (Fsp3) is 0.105. The average Bonchev–Trinajstić information content (AvgIpc) is 3.13. The standard InChI is InChI=1S/C19H13ClN2/c20-13-7-9-16-17(10-13)22-19(21-16)15-8-6-12-5-4-11-2-1-3-14(15)18(11)12/h1-3,6-10H,4-5H2,(H,21,22). The minimum absolute atomic E-state index is 0.725. The van der Waals surface area contributed by atoms with Gasteiger partial charge in [0.1, 0.15) is 5.82 Å². The van der Waals surface area contributed by atoms with Crippen molar-refractivity contribution in [3.8, 4) is 11.4 Å². The van der Waals surface area contributed by atoms with Crippen LogP contribution < -0.4 is 0 Å². The van der Waals surface area contributed by atoms with Crippen molar-refractivity contribution in [2.75, 3.05) is 0 Å². The first-order chi connectivity index (χ1) is 10.8. The first-order valence-electron chi connectivity index (χ1n) is 7.49. The molecule has 0 atom stereocenters. The molecule has 106 valence electrons. The van der Waals surface area contributed by atoms with Crippen LogP contribution in [0.3, 0.4) is 0 Å². The largest absolute Gasteiger partial charge is 0.338 e. The Labute approximate surface area is 132 Å². The second kappa shape index (κ2) is 4.34. The van der Waals surface area contributed by atoms with Crippen molar-refractivity contribution in [3.63, 3.8) is 0 Å². The van der Waals surface area contributed by atoms with Crippen LogP contribution in [0.15, 0.2) is 48.5 Å². The number of rotatable bonds is 1. The van der Waals surface area contributed by atoms with Crippen LogP contribution in [-0.4, -0.2) is 9.97 Å². The number of aryl methyl sites for hydroxylation is 2. The molecule has 0 saturated carbocycles. The predicted molar refractivity (Wildman–Crippen MR) is 91.5 cm³/mol. The number of hydrogen-bond acceptors (Lipinski definition) is 1. The molecule has 0 amide bonds. The van der Waals surface area contributed by atoms with Gasteiger partial charge in [-0.15, -0.1) is 0 Å². The van der Waals surface area contributed by atoms with Gasteiger partial charge in [-0.1, -0.05) is 41.9 Å². The third kappa shape index (κ3) is 1.65. The van der Waals surface area contributed by atoms with Crippen molar-refractivity contribution in [2.24, 2.45) is 0 Å². The van der Waals surface area contributed by atoms with E-state index >= 15 is 0 Å². The molecule has 0 spiro atoms. The van der Waals surface area contributed by atoms with Crippen LogP contribution >= 0.6 is 11.6 Å². The SMILES string of the molecule is Clc1ccc2nc(-c3ccc4c5c(cccc35)CC4)[nH]c2c1. The zero-order valence-electron chi connectivity index (χ0n) is 11.9. The number of benzene rings is 3. The van der Waals surface area contributed by atoms with Gasteiger partial charge in [-0.05, 0) is 52.9 Å². The van der Waals surface area contributed by atoms with Gasteiger partial charge in [-0.25, -0.2) is 4.98 Å². The van der Waals surface area contributed by atoms with Crippen LogP contribution in [0.2, 0.25) is 5.02 Å². The van der Waals surface area contributed by atoms with Gasteiger partial charge in [-0.2, -0.15) is 0 Å². The summed E-state index contributed by atoms with van der Waals surface area (Å²) in [6.45, 7) is 0. The van der Waals surface area contributed by atoms with Crippen LogP contribution in [0.1, 0.15) is 11.1 Å². The highest BCUT2D eigenvalue weighted by atomic mass is 35.5. The van der Waals surface area contributed by atoms with E-state index in [9.17, 15) is 0 Å². The Bertz CT molecular complexity index is 1040. The molecule has 0 radical (unpaired) electrons. The Balaban J connectivity index is 1.82. The Hall–Kier alpha value is -2.32. The number of aromatic nitrogens is 2. The highest BCUT2D eigenvalue weighted by molar-refractivity contribution is 6.31. The molecule has 1 aromatic heterocycles. The molecule has 4 aromatic rings. The number of fused-ring (bicyclic) bond motifs is 1. The lowest BCUT2D eigenvalue weighted by Gasteiger charge is -2.06. The Morgan fingerprint density at radius 3 is 2.73 bits per heavy atom. The van der Waals surface area contributed by atoms with Crippen molar-refractivity contribution < 1.29 is 0 Å². The Kier molecular flexibility index (Phi) is 2.42. The number of nitrogens with one attached hydrogen (secondary N) is 1. The minimum atomic E-state index is 0.725. The van der Waals surface area contributed by atoms with E-state index in [4.69, 9.17) is 16.6 Å². The van der Waals surface area contributed by atoms with Crippen molar-refractivity contribution in [1.29, 1.82) is 0 Å². The molecular formula is C19H13ClN2. The number of nitrogens with zero attached hydrogens (tertiary/aromatic N) is 1. The first kappa shape index (κ1) is 12.2. The molecule has 1 N–H and O–H groups in total. The maximum atomic E-state index is 6.07. The van der Waals surface area contributed by atoms with Gasteiger partial charge >= 0.3 is 0 Å². The average molecular weight is 305 g/mol. The quantitative estimate of drug-likeness (QED) is 0.518. The van der Waals surface area contributed by atoms with Crippen molar-refractivity contribution in [1.82, 2.24) is 9.97 Å². The third-order valence-electron chi connectivity index (χ3n) is 4.58. The summed E-state index contributed by atoms with van der Waals surface area (Å²) in [6.07, 6.45) is 2.29. The van der Waals surface area contributed by atoms with E-state index < -0.39 is 0 Å². The predicted octanol–water partition coefficient (Wildman–Crippen LogP) is 5.14. The summed E-state index contributed by atoms with van der Waals surface area (Å²) in [7, 11) is 0. The maximum absolute atomic E-state index is 6.07. The normalized spacial score (nSPS) is 13.3. The molecule has 3 heteroatoms. The Morgan fingerprint density at radius 1 is 0.955 bits per heavy atom. The molecule has 0 saturated heterocycles. The summed E-state index contributed by atoms with van der Waals surface area (Å²) in [5.74, 6) is 0.910. The van der Waals surface area contributed by atoms with Crippen molar-refractivity contribution in [3.05, 3.63) is 64.7 Å². The molecule has 0 fully saturated rings. The molecule has 5 rings (SSSR count). The van der Waals surface area contributed by atoms with E-state index in [1.54, 1.807) is 0 Å². The van der Waals surface area contributed by atoms with Crippen LogP contribution in [0.5, 0.6) is 0 Å². The zero-order valence-corrected chi connectivity index (χ0v) is 12.6. The van der Waals surface area contributed by atoms with Gasteiger partial charge in [-0.3, -0.25) is 0 Å². The van der Waals surface area contributed by atoms with Gasteiger partial charge < -0.3 is 4.98 Å². The lowest BCUT2D eigenvalue weighted by Crippen LogP contribution is -1.86. The highest BCUT2D eigenvalue weighted by Gasteiger charge is 2.17. The number of halogens is 1. The summed E-state index contributed by atoms with van der Waals surface area (Å²) in [4.78, 5) is 8.15. The van der Waals surface area contributed by atoms with Crippen LogP contribution in [0.4, 0.5) is 0 Å². The van der Waals surface area contributed by atoms with E-state index in [0.717, 1.165) is 40.3 Å². The lowest BCUT2D eigenvalue weighted by molar-refractivity contribution is 1.02. The van der Waals surface area contributed by atoms with E-state index in [2.05, 4.69) is 35.3 Å². The van der Waals surface area contributed by atoms with Gasteiger partial charge in [0.25, 0.3) is 0 Å². The molecule has 2 nitrogen and oxygen atoms in total. The fourth-order valence-electron chi connectivity index (χ4n) is 3.56. The lowest BCUT2D eigenvalue weighted by atomic mass is 10.00. The molecule has 1 aliphatic rings. The number of aromatic amines is 1. The molecule has 1 heterocycles. The molecule has 22 heavy (non-hydrogen) atoms. The summed E-state index contributed by atoms with van der Waals surface area (Å²) < 4.78 is 0. The second-order valence-electron chi connectivity index (χ2n) is 5.86. The minimum Gasteiger partial charge on any atom is -0.338 e. The fourth-order valence-corrected chi connectivity index (χ4v) is 3.73. The van der Waals surface area contributed by atoms with Crippen molar-refractivity contribution >= 4 is 33.4 Å². The van der Waals surface area contributed by atoms with E-state index in [1.165, 1.54) is 21.9 Å². The van der Waals surface area contributed by atoms with Crippen LogP contribution in [0, 0.1) is 0 Å². The van der Waals surface area contributed by atoms with Gasteiger partial charge in [0, 0.05) is 10.6 Å². The number of imidazole rings is 1. The van der Waals surface area contributed by atoms with Gasteiger partial charge in [0.2, 0.25) is 0 Å². The van der Waals surface area contributed by atoms with Gasteiger partial charge in [0.15, 0.2) is 0 Å². The Morgan fingerprint density at radius 2 is 1.82 bits per heavy atom. The summed E-state index contributed by atoms with van der Waals surface area (Å²) in [6, 6.07) is 16.8. The molecule has 0 bridgehead atoms. The van der Waals surface area contributed by atoms with Crippen LogP contribution in [-0.2, 0) is 12.8 Å². The zero-order chi connectivity index (χ0) is 14.7. The molecule has 1 aliphatic carbocycles. The topological polar surface area (TPSA) is 28.7 Å². The van der Waals surface area contributed by atoms with Crippen molar-refractivity contribution in [2.45, 2.75) is 12.8 Å². The summed E-state index contributed by atoms with van der Waals surface area (Å²) in [5.41, 5.74) is 5.99. The van der Waals surface area contributed by atoms with E-state index in [0.29, 0.717) is 0 Å². The third-order valence-corrected chi connectivity index (χ3v) is 4.81. The first-order valence-corrected chi connectivity index (χ1v) is 7.86. The smallest absolute Gasteiger partial charge is 0.139 e. The molecule has 0 aliphatic heterocycles. The number of hydrogen-bond donors (Lipinski definition) is 1. The van der Waals surface area contributed by atoms with E-state index in [1.807, 2.05) is 18.2 Å². The highest BCUT2D eigenvalue weighted by Crippen LogP contribution is 2.36. The summed E-state index contributed by atoms with van der Waals surface area (Å²) in [5, 5.41) is 3.43.